The van der Waals surface area contributed by atoms with Crippen molar-refractivity contribution in [1.82, 2.24) is 63.8 Å². The van der Waals surface area contributed by atoms with E-state index in [9.17, 15) is 62.3 Å². The zero-order chi connectivity index (χ0) is 65.3. The van der Waals surface area contributed by atoms with Gasteiger partial charge >= 0.3 is 12.1 Å². The summed E-state index contributed by atoms with van der Waals surface area (Å²) in [6.45, 7) is 2.26. The van der Waals surface area contributed by atoms with E-state index in [0.717, 1.165) is 22.3 Å². The molecule has 12 amide bonds. The number of hydrogen-bond acceptors (Lipinski definition) is 15. The molecule has 3 rings (SSSR count). The van der Waals surface area contributed by atoms with Crippen LogP contribution >= 0.6 is 0 Å². The van der Waals surface area contributed by atoms with Gasteiger partial charge in [0.25, 0.3) is 0 Å². The second-order valence-corrected chi connectivity index (χ2v) is 20.0. The molecule has 27 heteroatoms. The van der Waals surface area contributed by atoms with Crippen LogP contribution in [0.5, 0.6) is 0 Å². The maximum atomic E-state index is 13.8. The lowest BCUT2D eigenvalue weighted by molar-refractivity contribution is -0.156. The molecule has 0 unspecified atom stereocenters. The summed E-state index contributed by atoms with van der Waals surface area (Å²) in [6, 6.07) is 4.51. The fraction of sp³-hybridized carbons (Fsp3) is 0.393. The Hall–Kier alpha value is -11.3. The van der Waals surface area contributed by atoms with Crippen molar-refractivity contribution in [2.75, 3.05) is 45.9 Å². The van der Waals surface area contributed by atoms with E-state index in [-0.39, 0.29) is 25.6 Å². The Balaban J connectivity index is 1.82. The number of fused-ring (bicyclic) bond motifs is 3. The SMILES string of the molecule is C#CCNC(=O)[C@H](CC(=O)N[C@@H](CC(=O)N[C@@H](CC(=O)OC(C)(C)C)C(=O)NCC#C)C(=O)NCC#C)NC(=O)C[C@H](NC(=O)C[C@H](NC(=O)C[C@H](NC(=O)OCC1c2ccccc2-c2ccccc21)C(=O)NCC#C)C(=O)NCC#C)C(=O)NCC#C. The molecule has 0 heterocycles. The van der Waals surface area contributed by atoms with Gasteiger partial charge in [0.2, 0.25) is 65.0 Å². The first kappa shape index (κ1) is 71.0. The summed E-state index contributed by atoms with van der Waals surface area (Å²) in [4.78, 5) is 174. The van der Waals surface area contributed by atoms with Crippen molar-refractivity contribution in [2.24, 2.45) is 0 Å². The zero-order valence-corrected chi connectivity index (χ0v) is 48.4. The molecule has 0 aromatic heterocycles. The lowest BCUT2D eigenvalue weighted by Gasteiger charge is -2.24. The fourth-order valence-corrected chi connectivity index (χ4v) is 8.35. The Kier molecular flexibility index (Phi) is 29.4. The molecule has 0 saturated heterocycles. The van der Waals surface area contributed by atoms with E-state index in [2.05, 4.69) is 99.3 Å². The van der Waals surface area contributed by atoms with Crippen LogP contribution in [0, 0.1) is 74.1 Å². The molecule has 1 aliphatic carbocycles. The van der Waals surface area contributed by atoms with Gasteiger partial charge in [0.15, 0.2) is 0 Å². The van der Waals surface area contributed by atoms with Crippen LogP contribution in [0.3, 0.4) is 0 Å². The predicted molar refractivity (Wildman–Crippen MR) is 316 cm³/mol. The number of benzene rings is 2. The lowest BCUT2D eigenvalue weighted by Crippen LogP contribution is -2.56. The lowest BCUT2D eigenvalue weighted by atomic mass is 9.98. The van der Waals surface area contributed by atoms with Crippen LogP contribution in [0.1, 0.15) is 76.3 Å². The van der Waals surface area contributed by atoms with E-state index in [1.54, 1.807) is 20.8 Å². The van der Waals surface area contributed by atoms with E-state index in [4.69, 9.17) is 48.0 Å². The molecule has 2 aromatic carbocycles. The van der Waals surface area contributed by atoms with Crippen molar-refractivity contribution in [3.8, 4) is 85.2 Å². The van der Waals surface area contributed by atoms with Crippen molar-refractivity contribution in [3.05, 3.63) is 59.7 Å². The average Bonchev–Trinajstić information content (AvgIpc) is 3.98. The molecule has 462 valence electrons. The normalized spacial score (nSPS) is 12.8. The van der Waals surface area contributed by atoms with Crippen molar-refractivity contribution in [1.29, 1.82) is 0 Å². The van der Waals surface area contributed by atoms with Gasteiger partial charge in [-0.15, -0.1) is 38.5 Å². The average molecular weight is 1210 g/mol. The molecule has 88 heavy (non-hydrogen) atoms. The summed E-state index contributed by atoms with van der Waals surface area (Å²) in [6.07, 6.45) is 25.4. The fourth-order valence-electron chi connectivity index (χ4n) is 8.35. The van der Waals surface area contributed by atoms with Crippen LogP contribution in [-0.4, -0.2) is 165 Å². The highest BCUT2D eigenvalue weighted by Crippen LogP contribution is 2.44. The number of rotatable bonds is 32. The molecule has 12 N–H and O–H groups in total. The minimum Gasteiger partial charge on any atom is -0.460 e. The van der Waals surface area contributed by atoms with Crippen LogP contribution < -0.4 is 63.8 Å². The summed E-state index contributed by atoms with van der Waals surface area (Å²) < 4.78 is 10.8. The van der Waals surface area contributed by atoms with Crippen molar-refractivity contribution in [3.63, 3.8) is 0 Å². The predicted octanol–water partition coefficient (Wildman–Crippen LogP) is -3.50. The molecule has 0 fully saturated rings. The number of carbonyl (C=O) groups excluding carboxylic acids is 13. The minimum absolute atomic E-state index is 0.164. The van der Waals surface area contributed by atoms with E-state index in [1.807, 2.05) is 48.5 Å². The summed E-state index contributed by atoms with van der Waals surface area (Å²) in [7, 11) is 0. The number of esters is 1. The van der Waals surface area contributed by atoms with Crippen LogP contribution in [0.2, 0.25) is 0 Å². The number of terminal acetylenes is 6. The molecular formula is C61H68N12O15. The third kappa shape index (κ3) is 24.5. The molecule has 1 aliphatic rings. The van der Waals surface area contributed by atoms with Crippen molar-refractivity contribution < 1.29 is 71.8 Å². The first-order valence-corrected chi connectivity index (χ1v) is 27.0. The number of amides is 12. The molecule has 2 aromatic rings. The molecule has 27 nitrogen and oxygen atoms in total. The highest BCUT2D eigenvalue weighted by atomic mass is 16.6. The maximum absolute atomic E-state index is 13.8. The largest absolute Gasteiger partial charge is 0.460 e. The molecule has 0 aliphatic heterocycles. The Morgan fingerprint density at radius 3 is 0.909 bits per heavy atom. The molecule has 6 atom stereocenters. The van der Waals surface area contributed by atoms with Crippen molar-refractivity contribution >= 4 is 77.0 Å². The first-order chi connectivity index (χ1) is 41.9. The van der Waals surface area contributed by atoms with Crippen LogP contribution in [0.15, 0.2) is 48.5 Å². The highest BCUT2D eigenvalue weighted by Gasteiger charge is 2.35. The standard InChI is InChI=1S/C61H68N12O15/c1-10-24-62-54(80)42(30-48(74)68-43(55(81)63-25-11-2)31-49(75)70-45(57(83)65-27-13-4)33-51(77)72-47(59(85)67-29-15-6)35-53(79)88-61(7,8)9)69-50(76)32-44(56(82)64-26-12-3)71-52(78)34-46(58(84)66-28-14-5)73-60(86)87-36-41-39-22-18-16-20-37(39)38-21-17-19-23-40(38)41/h1-6,16-23,41-47H,24-36H2,7-9H3,(H,62,80)(H,63,81)(H,64,82)(H,65,83)(H,66,84)(H,67,85)(H,68,74)(H,69,76)(H,70,75)(H,71,78)(H,72,77)(H,73,86)/t42-,43-,44-,45-,46-,47-/m0/s1. The van der Waals surface area contributed by atoms with Crippen LogP contribution in [-0.2, 0) is 67.0 Å². The first-order valence-electron chi connectivity index (χ1n) is 27.0. The van der Waals surface area contributed by atoms with E-state index >= 15 is 0 Å². The monoisotopic (exact) mass is 1210 g/mol. The third-order valence-corrected chi connectivity index (χ3v) is 12.1. The molecule has 0 radical (unpaired) electrons. The second kappa shape index (κ2) is 36.4. The van der Waals surface area contributed by atoms with Gasteiger partial charge in [-0.05, 0) is 43.0 Å². The van der Waals surface area contributed by atoms with Gasteiger partial charge < -0.3 is 73.3 Å². The van der Waals surface area contributed by atoms with Gasteiger partial charge in [-0.25, -0.2) is 4.79 Å². The van der Waals surface area contributed by atoms with Gasteiger partial charge in [-0.2, -0.15) is 0 Å². The number of hydrogen-bond donors (Lipinski definition) is 12. The number of nitrogens with one attached hydrogen (secondary N) is 12. The number of carbonyl (C=O) groups is 13. The molecule has 0 saturated carbocycles. The number of ether oxygens (including phenoxy) is 2. The van der Waals surface area contributed by atoms with E-state index in [0.29, 0.717) is 0 Å². The second-order valence-electron chi connectivity index (χ2n) is 20.0. The van der Waals surface area contributed by atoms with E-state index in [1.165, 1.54) is 0 Å². The highest BCUT2D eigenvalue weighted by molar-refractivity contribution is 5.99. The Labute approximate surface area is 508 Å². The van der Waals surface area contributed by atoms with Gasteiger partial charge in [0.05, 0.1) is 77.8 Å². The quantitative estimate of drug-likeness (QED) is 0.0250. The zero-order valence-electron chi connectivity index (χ0n) is 48.4. The molecule has 0 bridgehead atoms. The topological polar surface area (TPSA) is 385 Å². The summed E-state index contributed by atoms with van der Waals surface area (Å²) in [5.74, 6) is -0.00966. The summed E-state index contributed by atoms with van der Waals surface area (Å²) in [5, 5.41) is 27.6. The van der Waals surface area contributed by atoms with Crippen LogP contribution in [0.4, 0.5) is 4.79 Å². The van der Waals surface area contributed by atoms with Crippen molar-refractivity contribution in [2.45, 2.75) is 107 Å². The van der Waals surface area contributed by atoms with Gasteiger partial charge in [-0.1, -0.05) is 84.1 Å². The van der Waals surface area contributed by atoms with Crippen LogP contribution in [0.25, 0.3) is 11.1 Å². The van der Waals surface area contributed by atoms with Gasteiger partial charge in [0, 0.05) is 5.92 Å². The molecular weight excluding hydrogens is 1140 g/mol. The Morgan fingerprint density at radius 2 is 0.648 bits per heavy atom. The minimum atomic E-state index is -1.87. The number of alkyl carbamates (subject to hydrolysis) is 1. The van der Waals surface area contributed by atoms with Gasteiger partial charge in [-0.3, -0.25) is 57.5 Å². The smallest absolute Gasteiger partial charge is 0.407 e. The summed E-state index contributed by atoms with van der Waals surface area (Å²) >= 11 is 0. The Morgan fingerprint density at radius 1 is 0.398 bits per heavy atom. The van der Waals surface area contributed by atoms with Gasteiger partial charge in [0.1, 0.15) is 48.5 Å². The summed E-state index contributed by atoms with van der Waals surface area (Å²) in [5.41, 5.74) is 2.70. The molecule has 0 spiro atoms. The maximum Gasteiger partial charge on any atom is 0.407 e. The van der Waals surface area contributed by atoms with E-state index < -0.39 is 184 Å². The Bertz CT molecular complexity index is 3180. The third-order valence-electron chi connectivity index (χ3n) is 12.1.